The lowest BCUT2D eigenvalue weighted by Crippen LogP contribution is -2.44. The summed E-state index contributed by atoms with van der Waals surface area (Å²) >= 11 is 0. The number of imidazole rings is 1. The predicted molar refractivity (Wildman–Crippen MR) is 69.4 cm³/mol. The third kappa shape index (κ3) is 4.32. The molecule has 1 fully saturated rings. The highest BCUT2D eigenvalue weighted by molar-refractivity contribution is 5.84. The molecule has 0 aliphatic carbocycles. The van der Waals surface area contributed by atoms with Gasteiger partial charge >= 0.3 is 5.97 Å². The summed E-state index contributed by atoms with van der Waals surface area (Å²) in [7, 11) is 0. The van der Waals surface area contributed by atoms with Crippen LogP contribution >= 0.6 is 0 Å². The summed E-state index contributed by atoms with van der Waals surface area (Å²) in [5, 5.41) is 14.7. The second-order valence-corrected chi connectivity index (χ2v) is 4.58. The number of aromatic carboxylic acids is 1. The van der Waals surface area contributed by atoms with Crippen LogP contribution in [-0.4, -0.2) is 58.9 Å². The standard InChI is InChI=1S/C12H18N4O4/c17-11(5-9-7-20-4-2-13-9)14-1-3-16-6-10(12(18)19)15-8-16/h6,8-9,13H,1-5,7H2,(H,14,17)(H,18,19). The fourth-order valence-electron chi connectivity index (χ4n) is 1.96. The zero-order valence-corrected chi connectivity index (χ0v) is 11.0. The number of hydrogen-bond acceptors (Lipinski definition) is 5. The van der Waals surface area contributed by atoms with E-state index >= 15 is 0 Å². The molecule has 8 nitrogen and oxygen atoms in total. The van der Waals surface area contributed by atoms with Crippen LogP contribution in [0.15, 0.2) is 12.5 Å². The molecule has 1 aliphatic rings. The fourth-order valence-corrected chi connectivity index (χ4v) is 1.96. The van der Waals surface area contributed by atoms with Gasteiger partial charge in [-0.05, 0) is 0 Å². The van der Waals surface area contributed by atoms with Crippen molar-refractivity contribution in [2.75, 3.05) is 26.3 Å². The molecule has 1 aromatic heterocycles. The second kappa shape index (κ2) is 7.01. The molecule has 0 radical (unpaired) electrons. The van der Waals surface area contributed by atoms with Crippen LogP contribution in [0, 0.1) is 0 Å². The Kier molecular flexibility index (Phi) is 5.08. The second-order valence-electron chi connectivity index (χ2n) is 4.58. The van der Waals surface area contributed by atoms with Crippen LogP contribution in [0.4, 0.5) is 0 Å². The molecule has 2 rings (SSSR count). The van der Waals surface area contributed by atoms with Crippen LogP contribution in [0.1, 0.15) is 16.9 Å². The van der Waals surface area contributed by atoms with E-state index in [9.17, 15) is 9.59 Å². The summed E-state index contributed by atoms with van der Waals surface area (Å²) in [6.07, 6.45) is 3.25. The predicted octanol–water partition coefficient (Wildman–Crippen LogP) is -0.924. The number of aromatic nitrogens is 2. The highest BCUT2D eigenvalue weighted by Gasteiger charge is 2.16. The highest BCUT2D eigenvalue weighted by Crippen LogP contribution is 1.98. The maximum Gasteiger partial charge on any atom is 0.356 e. The summed E-state index contributed by atoms with van der Waals surface area (Å²) in [6, 6.07) is 0.0654. The van der Waals surface area contributed by atoms with Crippen molar-refractivity contribution in [2.45, 2.75) is 19.0 Å². The van der Waals surface area contributed by atoms with E-state index in [0.29, 0.717) is 32.7 Å². The lowest BCUT2D eigenvalue weighted by atomic mass is 10.2. The Bertz CT molecular complexity index is 468. The van der Waals surface area contributed by atoms with Gasteiger partial charge in [0.2, 0.25) is 5.91 Å². The van der Waals surface area contributed by atoms with Gasteiger partial charge in [-0.2, -0.15) is 0 Å². The van der Waals surface area contributed by atoms with Gasteiger partial charge in [-0.25, -0.2) is 9.78 Å². The summed E-state index contributed by atoms with van der Waals surface area (Å²) < 4.78 is 6.90. The van der Waals surface area contributed by atoms with E-state index in [4.69, 9.17) is 9.84 Å². The average Bonchev–Trinajstić information content (AvgIpc) is 2.89. The Morgan fingerprint density at radius 2 is 2.45 bits per heavy atom. The average molecular weight is 282 g/mol. The monoisotopic (exact) mass is 282 g/mol. The molecule has 1 aliphatic heterocycles. The summed E-state index contributed by atoms with van der Waals surface area (Å²) in [5.74, 6) is -1.11. The van der Waals surface area contributed by atoms with E-state index in [2.05, 4.69) is 15.6 Å². The Hall–Kier alpha value is -1.93. The molecule has 110 valence electrons. The molecule has 1 unspecified atom stereocenters. The van der Waals surface area contributed by atoms with Gasteiger partial charge in [0, 0.05) is 38.3 Å². The number of rotatable bonds is 6. The number of carboxylic acids is 1. The Labute approximate surface area is 116 Å². The van der Waals surface area contributed by atoms with Gasteiger partial charge in [0.05, 0.1) is 19.5 Å². The molecule has 0 saturated carbocycles. The number of nitrogens with zero attached hydrogens (tertiary/aromatic N) is 2. The smallest absolute Gasteiger partial charge is 0.356 e. The molecular formula is C12H18N4O4. The van der Waals surface area contributed by atoms with Crippen LogP contribution in [0.2, 0.25) is 0 Å². The van der Waals surface area contributed by atoms with Gasteiger partial charge in [-0.15, -0.1) is 0 Å². The third-order valence-corrected chi connectivity index (χ3v) is 2.97. The minimum absolute atomic E-state index is 0.000110. The minimum atomic E-state index is -1.06. The molecule has 3 N–H and O–H groups in total. The molecule has 20 heavy (non-hydrogen) atoms. The molecule has 8 heteroatoms. The minimum Gasteiger partial charge on any atom is -0.476 e. The number of hydrogen-bond donors (Lipinski definition) is 3. The highest BCUT2D eigenvalue weighted by atomic mass is 16.5. The fraction of sp³-hybridized carbons (Fsp3) is 0.583. The van der Waals surface area contributed by atoms with Crippen LogP contribution in [0.5, 0.6) is 0 Å². The SMILES string of the molecule is O=C(CC1COCCN1)NCCn1cnc(C(=O)O)c1. The van der Waals surface area contributed by atoms with Gasteiger partial charge in [0.25, 0.3) is 0 Å². The summed E-state index contributed by atoms with van der Waals surface area (Å²) in [6.45, 7) is 2.93. The maximum atomic E-state index is 11.7. The van der Waals surface area contributed by atoms with E-state index in [0.717, 1.165) is 6.54 Å². The zero-order valence-electron chi connectivity index (χ0n) is 11.0. The first-order valence-corrected chi connectivity index (χ1v) is 6.48. The molecule has 0 aromatic carbocycles. The maximum absolute atomic E-state index is 11.7. The van der Waals surface area contributed by atoms with E-state index in [-0.39, 0.29) is 17.6 Å². The van der Waals surface area contributed by atoms with Gasteiger partial charge in [-0.3, -0.25) is 4.79 Å². The van der Waals surface area contributed by atoms with Crippen LogP contribution < -0.4 is 10.6 Å². The van der Waals surface area contributed by atoms with E-state index in [1.807, 2.05) is 0 Å². The van der Waals surface area contributed by atoms with Crippen LogP contribution in [0.3, 0.4) is 0 Å². The van der Waals surface area contributed by atoms with Crippen molar-refractivity contribution >= 4 is 11.9 Å². The van der Waals surface area contributed by atoms with Crippen molar-refractivity contribution in [3.05, 3.63) is 18.2 Å². The van der Waals surface area contributed by atoms with Crippen molar-refractivity contribution in [2.24, 2.45) is 0 Å². The first kappa shape index (κ1) is 14.5. The molecule has 1 saturated heterocycles. The molecular weight excluding hydrogens is 264 g/mol. The first-order chi connectivity index (χ1) is 9.65. The molecule has 1 aromatic rings. The number of carbonyl (C=O) groups excluding carboxylic acids is 1. The Morgan fingerprint density at radius 3 is 3.10 bits per heavy atom. The number of morpholine rings is 1. The van der Waals surface area contributed by atoms with E-state index in [1.54, 1.807) is 4.57 Å². The topological polar surface area (TPSA) is 105 Å². The molecule has 1 atom stereocenters. The number of carbonyl (C=O) groups is 2. The number of amides is 1. The quantitative estimate of drug-likeness (QED) is 0.623. The van der Waals surface area contributed by atoms with Crippen molar-refractivity contribution in [1.82, 2.24) is 20.2 Å². The number of carboxylic acid groups (broad SMARTS) is 1. The third-order valence-electron chi connectivity index (χ3n) is 2.97. The van der Waals surface area contributed by atoms with Crippen molar-refractivity contribution < 1.29 is 19.4 Å². The zero-order chi connectivity index (χ0) is 14.4. The number of nitrogens with one attached hydrogen (secondary N) is 2. The molecule has 0 spiro atoms. The lowest BCUT2D eigenvalue weighted by Gasteiger charge is -2.23. The van der Waals surface area contributed by atoms with E-state index in [1.165, 1.54) is 12.5 Å². The molecule has 1 amide bonds. The Morgan fingerprint density at radius 1 is 1.60 bits per heavy atom. The summed E-state index contributed by atoms with van der Waals surface area (Å²) in [4.78, 5) is 26.1. The van der Waals surface area contributed by atoms with Gasteiger partial charge in [-0.1, -0.05) is 0 Å². The number of ether oxygens (including phenoxy) is 1. The first-order valence-electron chi connectivity index (χ1n) is 6.48. The largest absolute Gasteiger partial charge is 0.476 e. The van der Waals surface area contributed by atoms with Crippen molar-refractivity contribution in [1.29, 1.82) is 0 Å². The van der Waals surface area contributed by atoms with Crippen molar-refractivity contribution in [3.63, 3.8) is 0 Å². The van der Waals surface area contributed by atoms with E-state index < -0.39 is 5.97 Å². The molecule has 2 heterocycles. The van der Waals surface area contributed by atoms with Crippen LogP contribution in [-0.2, 0) is 16.1 Å². The normalized spacial score (nSPS) is 18.7. The lowest BCUT2D eigenvalue weighted by molar-refractivity contribution is -0.122. The van der Waals surface area contributed by atoms with Gasteiger partial charge in [0.1, 0.15) is 0 Å². The summed E-state index contributed by atoms with van der Waals surface area (Å²) in [5.41, 5.74) is -0.000110. The Balaban J connectivity index is 1.66. The van der Waals surface area contributed by atoms with Gasteiger partial charge in [0.15, 0.2) is 5.69 Å². The van der Waals surface area contributed by atoms with Gasteiger partial charge < -0.3 is 25.0 Å². The van der Waals surface area contributed by atoms with Crippen molar-refractivity contribution in [3.8, 4) is 0 Å². The molecule has 0 bridgehead atoms. The van der Waals surface area contributed by atoms with Crippen LogP contribution in [0.25, 0.3) is 0 Å².